The molecule has 1 atom stereocenters. The van der Waals surface area contributed by atoms with Crippen molar-refractivity contribution in [1.29, 1.82) is 0 Å². The zero-order valence-electron chi connectivity index (χ0n) is 16.9. The predicted octanol–water partition coefficient (Wildman–Crippen LogP) is 5.36. The number of carbonyl (C=O) groups excluding carboxylic acids is 1. The molecule has 2 aromatic carbocycles. The smallest absolute Gasteiger partial charge is 0.260 e. The summed E-state index contributed by atoms with van der Waals surface area (Å²) in [5, 5.41) is 0.751. The van der Waals surface area contributed by atoms with E-state index in [1.165, 1.54) is 11.1 Å². The molecule has 0 N–H and O–H groups in total. The van der Waals surface area contributed by atoms with Crippen LogP contribution in [-0.4, -0.2) is 30.1 Å². The second kappa shape index (κ2) is 7.64. The summed E-state index contributed by atoms with van der Waals surface area (Å²) in [5.41, 5.74) is 6.23. The first-order valence-corrected chi connectivity index (χ1v) is 10.6. The summed E-state index contributed by atoms with van der Waals surface area (Å²) in [6.45, 7) is 9.53. The zero-order chi connectivity index (χ0) is 19.8. The summed E-state index contributed by atoms with van der Waals surface area (Å²) >= 11 is 1.58. The van der Waals surface area contributed by atoms with Crippen LogP contribution in [0, 0.1) is 27.7 Å². The van der Waals surface area contributed by atoms with Crippen molar-refractivity contribution in [2.75, 3.05) is 18.1 Å². The van der Waals surface area contributed by atoms with Gasteiger partial charge in [0.2, 0.25) is 0 Å². The van der Waals surface area contributed by atoms with Crippen LogP contribution in [0.3, 0.4) is 0 Å². The van der Waals surface area contributed by atoms with Gasteiger partial charge in [0.1, 0.15) is 0 Å². The van der Waals surface area contributed by atoms with E-state index in [4.69, 9.17) is 9.72 Å². The molecule has 3 aromatic rings. The molecule has 28 heavy (non-hydrogen) atoms. The number of nitrogens with zero attached hydrogens (tertiary/aromatic N) is 2. The van der Waals surface area contributed by atoms with Crippen molar-refractivity contribution in [1.82, 2.24) is 4.98 Å². The molecule has 0 spiro atoms. The largest absolute Gasteiger partial charge is 0.376 e. The van der Waals surface area contributed by atoms with Gasteiger partial charge in [-0.1, -0.05) is 29.0 Å². The van der Waals surface area contributed by atoms with Crippen LogP contribution in [0.5, 0.6) is 0 Å². The number of aryl methyl sites for hydroxylation is 4. The molecular formula is C23H26N2O2S. The summed E-state index contributed by atoms with van der Waals surface area (Å²) < 4.78 is 6.96. The molecule has 1 aromatic heterocycles. The van der Waals surface area contributed by atoms with E-state index in [2.05, 4.69) is 26.0 Å². The number of anilines is 1. The van der Waals surface area contributed by atoms with Crippen LogP contribution in [0.4, 0.5) is 5.13 Å². The number of aromatic nitrogens is 1. The van der Waals surface area contributed by atoms with E-state index in [1.54, 1.807) is 11.3 Å². The number of amides is 1. The topological polar surface area (TPSA) is 42.4 Å². The molecule has 1 aliphatic heterocycles. The number of carbonyl (C=O) groups is 1. The van der Waals surface area contributed by atoms with E-state index in [0.29, 0.717) is 6.54 Å². The van der Waals surface area contributed by atoms with Gasteiger partial charge in [0.25, 0.3) is 5.91 Å². The van der Waals surface area contributed by atoms with Crippen molar-refractivity contribution >= 4 is 32.6 Å². The van der Waals surface area contributed by atoms with E-state index in [9.17, 15) is 4.79 Å². The molecule has 0 bridgehead atoms. The molecule has 0 aliphatic carbocycles. The first kappa shape index (κ1) is 19.1. The third kappa shape index (κ3) is 3.69. The van der Waals surface area contributed by atoms with Gasteiger partial charge >= 0.3 is 0 Å². The van der Waals surface area contributed by atoms with Crippen molar-refractivity contribution in [3.05, 3.63) is 58.1 Å². The highest BCUT2D eigenvalue weighted by Gasteiger charge is 2.28. The number of benzene rings is 2. The van der Waals surface area contributed by atoms with Gasteiger partial charge < -0.3 is 4.74 Å². The maximum Gasteiger partial charge on any atom is 0.260 e. The summed E-state index contributed by atoms with van der Waals surface area (Å²) in [5.74, 6) is 0.00389. The summed E-state index contributed by atoms with van der Waals surface area (Å²) in [6.07, 6.45) is 2.11. The fourth-order valence-electron chi connectivity index (χ4n) is 3.63. The molecule has 0 radical (unpaired) electrons. The van der Waals surface area contributed by atoms with Gasteiger partial charge in [0.05, 0.1) is 22.9 Å². The van der Waals surface area contributed by atoms with Crippen LogP contribution in [0.1, 0.15) is 45.5 Å². The zero-order valence-corrected chi connectivity index (χ0v) is 17.7. The second-order valence-electron chi connectivity index (χ2n) is 7.77. The lowest BCUT2D eigenvalue weighted by Crippen LogP contribution is -2.37. The van der Waals surface area contributed by atoms with Gasteiger partial charge in [-0.2, -0.15) is 0 Å². The average molecular weight is 395 g/mol. The lowest BCUT2D eigenvalue weighted by Gasteiger charge is -2.24. The molecule has 2 heterocycles. The van der Waals surface area contributed by atoms with Gasteiger partial charge in [-0.25, -0.2) is 4.98 Å². The molecule has 1 aliphatic rings. The quantitative estimate of drug-likeness (QED) is 0.598. The van der Waals surface area contributed by atoms with E-state index in [0.717, 1.165) is 51.5 Å². The van der Waals surface area contributed by atoms with Crippen molar-refractivity contribution in [3.8, 4) is 0 Å². The number of thiazole rings is 1. The Morgan fingerprint density at radius 2 is 1.93 bits per heavy atom. The number of hydrogen-bond acceptors (Lipinski definition) is 4. The maximum absolute atomic E-state index is 13.6. The van der Waals surface area contributed by atoms with Gasteiger partial charge in [-0.15, -0.1) is 0 Å². The number of hydrogen-bond donors (Lipinski definition) is 0. The fraction of sp³-hybridized carbons (Fsp3) is 0.391. The minimum Gasteiger partial charge on any atom is -0.376 e. The molecular weight excluding hydrogens is 368 g/mol. The standard InChI is InChI=1S/C23H26N2O2S/c1-14-7-8-15(2)19(10-14)22(26)25(13-18-6-5-9-27-18)23-24-20-11-16(3)17(4)12-21(20)28-23/h7-8,10-12,18H,5-6,9,13H2,1-4H3. The van der Waals surface area contributed by atoms with Crippen molar-refractivity contribution in [2.45, 2.75) is 46.6 Å². The van der Waals surface area contributed by atoms with Crippen LogP contribution >= 0.6 is 11.3 Å². The van der Waals surface area contributed by atoms with E-state index in [1.807, 2.05) is 36.9 Å². The Kier molecular flexibility index (Phi) is 5.21. The molecule has 4 rings (SSSR count). The Morgan fingerprint density at radius 1 is 1.14 bits per heavy atom. The molecule has 146 valence electrons. The van der Waals surface area contributed by atoms with E-state index in [-0.39, 0.29) is 12.0 Å². The van der Waals surface area contributed by atoms with Crippen LogP contribution in [0.15, 0.2) is 30.3 Å². The third-order valence-corrected chi connectivity index (χ3v) is 6.54. The molecule has 1 fully saturated rings. The lowest BCUT2D eigenvalue weighted by molar-refractivity contribution is 0.0917. The van der Waals surface area contributed by atoms with E-state index < -0.39 is 0 Å². The molecule has 1 saturated heterocycles. The summed E-state index contributed by atoms with van der Waals surface area (Å²) in [7, 11) is 0. The summed E-state index contributed by atoms with van der Waals surface area (Å²) in [6, 6.07) is 10.3. The Bertz CT molecular complexity index is 996. The van der Waals surface area contributed by atoms with Crippen LogP contribution < -0.4 is 4.90 Å². The number of fused-ring (bicyclic) bond motifs is 1. The van der Waals surface area contributed by atoms with Gasteiger partial charge in [0.15, 0.2) is 5.13 Å². The second-order valence-corrected chi connectivity index (χ2v) is 8.78. The fourth-order valence-corrected chi connectivity index (χ4v) is 4.69. The van der Waals surface area contributed by atoms with Crippen LogP contribution in [0.2, 0.25) is 0 Å². The predicted molar refractivity (Wildman–Crippen MR) is 116 cm³/mol. The normalized spacial score (nSPS) is 16.6. The maximum atomic E-state index is 13.6. The minimum atomic E-state index is 0.00389. The van der Waals surface area contributed by atoms with Crippen molar-refractivity contribution in [2.24, 2.45) is 0 Å². The average Bonchev–Trinajstić information content (AvgIpc) is 3.31. The minimum absolute atomic E-state index is 0.00389. The Morgan fingerprint density at radius 3 is 2.68 bits per heavy atom. The molecule has 5 heteroatoms. The van der Waals surface area contributed by atoms with Crippen LogP contribution in [-0.2, 0) is 4.74 Å². The SMILES string of the molecule is Cc1ccc(C)c(C(=O)N(CC2CCCO2)c2nc3cc(C)c(C)cc3s2)c1. The monoisotopic (exact) mass is 394 g/mol. The molecule has 1 unspecified atom stereocenters. The van der Waals surface area contributed by atoms with E-state index >= 15 is 0 Å². The number of rotatable bonds is 4. The third-order valence-electron chi connectivity index (χ3n) is 5.50. The highest BCUT2D eigenvalue weighted by molar-refractivity contribution is 7.22. The highest BCUT2D eigenvalue weighted by Crippen LogP contribution is 2.33. The molecule has 4 nitrogen and oxygen atoms in total. The molecule has 0 saturated carbocycles. The highest BCUT2D eigenvalue weighted by atomic mass is 32.1. The Hall–Kier alpha value is -2.24. The van der Waals surface area contributed by atoms with Crippen molar-refractivity contribution < 1.29 is 9.53 Å². The Balaban J connectivity index is 1.76. The first-order valence-electron chi connectivity index (χ1n) is 9.81. The molecule has 1 amide bonds. The first-order chi connectivity index (χ1) is 13.4. The van der Waals surface area contributed by atoms with Crippen LogP contribution in [0.25, 0.3) is 10.2 Å². The lowest BCUT2D eigenvalue weighted by atomic mass is 10.0. The van der Waals surface area contributed by atoms with Gasteiger partial charge in [0, 0.05) is 12.2 Å². The summed E-state index contributed by atoms with van der Waals surface area (Å²) in [4.78, 5) is 20.2. The van der Waals surface area contributed by atoms with Crippen molar-refractivity contribution in [3.63, 3.8) is 0 Å². The number of ether oxygens (including phenoxy) is 1. The van der Waals surface area contributed by atoms with Gasteiger partial charge in [-0.05, 0) is 75.4 Å². The Labute approximate surface area is 170 Å². The van der Waals surface area contributed by atoms with Gasteiger partial charge in [-0.3, -0.25) is 9.69 Å².